The van der Waals surface area contributed by atoms with Crippen LogP contribution in [-0.4, -0.2) is 18.0 Å². The molecule has 5 nitrogen and oxygen atoms in total. The van der Waals surface area contributed by atoms with Crippen molar-refractivity contribution in [2.45, 2.75) is 6.92 Å². The summed E-state index contributed by atoms with van der Waals surface area (Å²) in [6, 6.07) is 16.8. The number of hydrogen-bond donors (Lipinski definition) is 1. The van der Waals surface area contributed by atoms with Crippen LogP contribution in [0.25, 0.3) is 11.3 Å². The van der Waals surface area contributed by atoms with E-state index < -0.39 is 0 Å². The maximum absolute atomic E-state index is 13.0. The van der Waals surface area contributed by atoms with Crippen molar-refractivity contribution >= 4 is 22.9 Å². The van der Waals surface area contributed by atoms with Gasteiger partial charge in [-0.25, -0.2) is 0 Å². The third kappa shape index (κ3) is 2.59. The molecule has 1 aliphatic carbocycles. The van der Waals surface area contributed by atoms with Gasteiger partial charge in [0.15, 0.2) is 11.6 Å². The molecule has 0 aliphatic heterocycles. The average Bonchev–Trinajstić information content (AvgIpc) is 3.17. The zero-order valence-electron chi connectivity index (χ0n) is 13.9. The number of anilines is 1. The molecule has 2 aromatic carbocycles. The summed E-state index contributed by atoms with van der Waals surface area (Å²) in [7, 11) is 1.62. The van der Waals surface area contributed by atoms with E-state index in [-0.39, 0.29) is 5.78 Å². The van der Waals surface area contributed by atoms with Gasteiger partial charge in [0.05, 0.1) is 18.4 Å². The predicted molar refractivity (Wildman–Crippen MR) is 95.4 cm³/mol. The minimum Gasteiger partial charge on any atom is -0.497 e. The fourth-order valence-electron chi connectivity index (χ4n) is 3.00. The van der Waals surface area contributed by atoms with Gasteiger partial charge in [-0.15, -0.1) is 0 Å². The Morgan fingerprint density at radius 2 is 1.76 bits per heavy atom. The number of aryl methyl sites for hydroxylation is 1. The molecule has 1 N–H and O–H groups in total. The van der Waals surface area contributed by atoms with E-state index in [1.807, 2.05) is 55.5 Å². The number of nitrogens with one attached hydrogen (secondary N) is 1. The second-order valence-corrected chi connectivity index (χ2v) is 5.80. The van der Waals surface area contributed by atoms with Crippen LogP contribution in [0.15, 0.2) is 59.1 Å². The monoisotopic (exact) mass is 332 g/mol. The number of Topliss-reactive ketones (excluding diaryl/α,β-unsaturated/α-hetero) is 1. The Morgan fingerprint density at radius 3 is 2.40 bits per heavy atom. The highest BCUT2D eigenvalue weighted by Crippen LogP contribution is 2.39. The summed E-state index contributed by atoms with van der Waals surface area (Å²) in [5.41, 5.74) is 3.71. The molecule has 0 radical (unpaired) electrons. The van der Waals surface area contributed by atoms with E-state index >= 15 is 0 Å². The lowest BCUT2D eigenvalue weighted by molar-refractivity contribution is 0.105. The topological polar surface area (TPSA) is 64.4 Å². The lowest BCUT2D eigenvalue weighted by atomic mass is 10.0. The van der Waals surface area contributed by atoms with Crippen molar-refractivity contribution in [2.24, 2.45) is 0 Å². The molecular weight excluding hydrogens is 316 g/mol. The van der Waals surface area contributed by atoms with Crippen LogP contribution in [0.1, 0.15) is 27.2 Å². The normalized spacial score (nSPS) is 13.1. The number of nitrogens with zero attached hydrogens (tertiary/aromatic N) is 1. The van der Waals surface area contributed by atoms with Gasteiger partial charge in [0.2, 0.25) is 0 Å². The molecule has 4 rings (SSSR count). The minimum atomic E-state index is -0.0107. The highest BCUT2D eigenvalue weighted by molar-refractivity contribution is 6.40. The molecule has 0 saturated heterocycles. The van der Waals surface area contributed by atoms with E-state index in [0.717, 1.165) is 22.6 Å². The number of aromatic nitrogens is 1. The largest absolute Gasteiger partial charge is 0.497 e. The molecular formula is C20H16N2O3. The van der Waals surface area contributed by atoms with Crippen molar-refractivity contribution in [1.82, 2.24) is 5.16 Å². The first-order chi connectivity index (χ1) is 12.2. The third-order valence-corrected chi connectivity index (χ3v) is 4.18. The number of benzene rings is 2. The standard InChI is InChI=1S/C20H16N2O3/c1-12-11-17(22-25-12)21-19-15-5-3-4-6-16(15)20(23)18(19)13-7-9-14(24-2)10-8-13/h3-11H,1-2H3,(H,21,22). The fourth-order valence-corrected chi connectivity index (χ4v) is 3.00. The second-order valence-electron chi connectivity index (χ2n) is 5.80. The van der Waals surface area contributed by atoms with Crippen LogP contribution in [-0.2, 0) is 0 Å². The Bertz CT molecular complexity index is 984. The number of carbonyl (C=O) groups is 1. The first-order valence-corrected chi connectivity index (χ1v) is 7.90. The number of ether oxygens (including phenoxy) is 1. The summed E-state index contributed by atoms with van der Waals surface area (Å²) >= 11 is 0. The quantitative estimate of drug-likeness (QED) is 0.777. The number of methoxy groups -OCH3 is 1. The Kier molecular flexibility index (Phi) is 3.61. The molecule has 1 aliphatic rings. The van der Waals surface area contributed by atoms with Gasteiger partial charge in [0, 0.05) is 17.2 Å². The molecule has 0 amide bonds. The summed E-state index contributed by atoms with van der Waals surface area (Å²) in [5.74, 6) is 2.01. The van der Waals surface area contributed by atoms with E-state index in [1.165, 1.54) is 0 Å². The average molecular weight is 332 g/mol. The zero-order valence-corrected chi connectivity index (χ0v) is 13.9. The van der Waals surface area contributed by atoms with Gasteiger partial charge in [-0.3, -0.25) is 4.79 Å². The smallest absolute Gasteiger partial charge is 0.196 e. The Labute approximate surface area is 144 Å². The number of hydrogen-bond acceptors (Lipinski definition) is 5. The maximum Gasteiger partial charge on any atom is 0.196 e. The summed E-state index contributed by atoms with van der Waals surface area (Å²) in [6.07, 6.45) is 0. The van der Waals surface area contributed by atoms with E-state index in [0.29, 0.717) is 22.7 Å². The molecule has 0 saturated carbocycles. The molecule has 5 heteroatoms. The number of carbonyl (C=O) groups excluding carboxylic acids is 1. The van der Waals surface area contributed by atoms with Gasteiger partial charge in [0.25, 0.3) is 0 Å². The third-order valence-electron chi connectivity index (χ3n) is 4.18. The van der Waals surface area contributed by atoms with Crippen molar-refractivity contribution < 1.29 is 14.1 Å². The first-order valence-electron chi connectivity index (χ1n) is 7.90. The van der Waals surface area contributed by atoms with Crippen molar-refractivity contribution in [3.63, 3.8) is 0 Å². The second kappa shape index (κ2) is 5.94. The molecule has 0 bridgehead atoms. The summed E-state index contributed by atoms with van der Waals surface area (Å²) < 4.78 is 10.3. The molecule has 0 atom stereocenters. The zero-order chi connectivity index (χ0) is 17.4. The van der Waals surface area contributed by atoms with Crippen molar-refractivity contribution in [1.29, 1.82) is 0 Å². The SMILES string of the molecule is COc1ccc(C2=C(Nc3cc(C)on3)c3ccccc3C2=O)cc1. The van der Waals surface area contributed by atoms with Gasteiger partial charge in [-0.2, -0.15) is 0 Å². The van der Waals surface area contributed by atoms with Gasteiger partial charge < -0.3 is 14.6 Å². The van der Waals surface area contributed by atoms with Crippen LogP contribution >= 0.6 is 0 Å². The Morgan fingerprint density at radius 1 is 1.04 bits per heavy atom. The number of fused-ring (bicyclic) bond motifs is 1. The molecule has 1 aromatic heterocycles. The molecule has 25 heavy (non-hydrogen) atoms. The molecule has 124 valence electrons. The molecule has 3 aromatic rings. The number of ketones is 1. The highest BCUT2D eigenvalue weighted by atomic mass is 16.5. The lowest BCUT2D eigenvalue weighted by Gasteiger charge is -2.09. The van der Waals surface area contributed by atoms with E-state index in [2.05, 4.69) is 10.5 Å². The van der Waals surface area contributed by atoms with Crippen LogP contribution in [0, 0.1) is 6.92 Å². The van der Waals surface area contributed by atoms with Gasteiger partial charge in [0.1, 0.15) is 11.5 Å². The number of rotatable bonds is 4. The van der Waals surface area contributed by atoms with Crippen LogP contribution < -0.4 is 10.1 Å². The molecule has 0 unspecified atom stereocenters. The van der Waals surface area contributed by atoms with Crippen molar-refractivity contribution in [3.8, 4) is 5.75 Å². The highest BCUT2D eigenvalue weighted by Gasteiger charge is 2.30. The Balaban J connectivity index is 1.85. The summed E-state index contributed by atoms with van der Waals surface area (Å²) in [5, 5.41) is 7.23. The van der Waals surface area contributed by atoms with E-state index in [1.54, 1.807) is 13.2 Å². The fraction of sp³-hybridized carbons (Fsp3) is 0.100. The van der Waals surface area contributed by atoms with Crippen molar-refractivity contribution in [3.05, 3.63) is 77.0 Å². The molecule has 1 heterocycles. The minimum absolute atomic E-state index is 0.0107. The van der Waals surface area contributed by atoms with Crippen LogP contribution in [0.2, 0.25) is 0 Å². The van der Waals surface area contributed by atoms with Crippen molar-refractivity contribution in [2.75, 3.05) is 12.4 Å². The van der Waals surface area contributed by atoms with Gasteiger partial charge in [-0.05, 0) is 24.6 Å². The number of allylic oxidation sites excluding steroid dienone is 1. The predicted octanol–water partition coefficient (Wildman–Crippen LogP) is 4.17. The van der Waals surface area contributed by atoms with E-state index in [4.69, 9.17) is 9.26 Å². The molecule has 0 spiro atoms. The van der Waals surface area contributed by atoms with E-state index in [9.17, 15) is 4.79 Å². The van der Waals surface area contributed by atoms with Gasteiger partial charge >= 0.3 is 0 Å². The lowest BCUT2D eigenvalue weighted by Crippen LogP contribution is -2.01. The molecule has 0 fully saturated rings. The summed E-state index contributed by atoms with van der Waals surface area (Å²) in [4.78, 5) is 13.0. The van der Waals surface area contributed by atoms with Gasteiger partial charge in [-0.1, -0.05) is 41.6 Å². The maximum atomic E-state index is 13.0. The first kappa shape index (κ1) is 15.2. The Hall–Kier alpha value is -3.34. The summed E-state index contributed by atoms with van der Waals surface area (Å²) in [6.45, 7) is 1.82. The van der Waals surface area contributed by atoms with Crippen LogP contribution in [0.4, 0.5) is 5.82 Å². The van der Waals surface area contributed by atoms with Crippen LogP contribution in [0.5, 0.6) is 5.75 Å². The van der Waals surface area contributed by atoms with Crippen LogP contribution in [0.3, 0.4) is 0 Å².